The second kappa shape index (κ2) is 6.04. The summed E-state index contributed by atoms with van der Waals surface area (Å²) in [5.41, 5.74) is 1.91. The molecule has 0 spiro atoms. The lowest BCUT2D eigenvalue weighted by molar-refractivity contribution is 0.478. The summed E-state index contributed by atoms with van der Waals surface area (Å²) in [5, 5.41) is 15.2. The van der Waals surface area contributed by atoms with Crippen LogP contribution in [0.3, 0.4) is 0 Å². The molecule has 1 saturated heterocycles. The Labute approximate surface area is 127 Å². The molecule has 0 amide bonds. The van der Waals surface area contributed by atoms with Crippen molar-refractivity contribution in [1.29, 1.82) is 0 Å². The van der Waals surface area contributed by atoms with E-state index in [4.69, 9.17) is 23.2 Å². The molecule has 2 aromatic rings. The van der Waals surface area contributed by atoms with Crippen molar-refractivity contribution in [3.8, 4) is 11.3 Å². The van der Waals surface area contributed by atoms with Gasteiger partial charge in [-0.1, -0.05) is 29.3 Å². The molecule has 0 unspecified atom stereocenters. The van der Waals surface area contributed by atoms with Gasteiger partial charge in [-0.15, -0.1) is 0 Å². The van der Waals surface area contributed by atoms with Crippen molar-refractivity contribution in [2.75, 3.05) is 18.4 Å². The average Bonchev–Trinajstić information content (AvgIpc) is 2.91. The number of benzene rings is 1. The molecule has 0 atom stereocenters. The van der Waals surface area contributed by atoms with E-state index in [1.165, 1.54) is 0 Å². The lowest BCUT2D eigenvalue weighted by atomic mass is 10.1. The fraction of sp³-hybridized carbons (Fsp3) is 0.357. The second-order valence-corrected chi connectivity index (χ2v) is 5.78. The molecular formula is C14H16Cl2N4. The van der Waals surface area contributed by atoms with Crippen LogP contribution in [0.4, 0.5) is 5.82 Å². The SMILES string of the molecule is Clc1ccc(-c2cc(NC3CCNCC3)n[nH]2)cc1Cl. The Balaban J connectivity index is 1.73. The second-order valence-electron chi connectivity index (χ2n) is 4.96. The van der Waals surface area contributed by atoms with E-state index in [1.54, 1.807) is 6.07 Å². The van der Waals surface area contributed by atoms with Crippen molar-refractivity contribution < 1.29 is 0 Å². The lowest BCUT2D eigenvalue weighted by Crippen LogP contribution is -2.35. The Morgan fingerprint density at radius 3 is 2.65 bits per heavy atom. The van der Waals surface area contributed by atoms with E-state index in [0.717, 1.165) is 43.0 Å². The Morgan fingerprint density at radius 2 is 1.90 bits per heavy atom. The topological polar surface area (TPSA) is 52.7 Å². The molecule has 0 aliphatic carbocycles. The van der Waals surface area contributed by atoms with Crippen LogP contribution in [0, 0.1) is 0 Å². The predicted molar refractivity (Wildman–Crippen MR) is 83.6 cm³/mol. The average molecular weight is 311 g/mol. The number of piperidine rings is 1. The number of nitrogens with one attached hydrogen (secondary N) is 3. The number of hydrogen-bond acceptors (Lipinski definition) is 3. The molecule has 1 fully saturated rings. The number of aromatic nitrogens is 2. The van der Waals surface area contributed by atoms with Crippen LogP contribution in [-0.2, 0) is 0 Å². The van der Waals surface area contributed by atoms with E-state index < -0.39 is 0 Å². The third-order valence-electron chi connectivity index (χ3n) is 3.50. The first-order chi connectivity index (χ1) is 9.72. The summed E-state index contributed by atoms with van der Waals surface area (Å²) in [4.78, 5) is 0. The normalized spacial score (nSPS) is 16.3. The zero-order valence-corrected chi connectivity index (χ0v) is 12.4. The van der Waals surface area contributed by atoms with Gasteiger partial charge in [0.2, 0.25) is 0 Å². The van der Waals surface area contributed by atoms with Gasteiger partial charge in [-0.2, -0.15) is 5.10 Å². The highest BCUT2D eigenvalue weighted by atomic mass is 35.5. The maximum atomic E-state index is 6.04. The molecule has 106 valence electrons. The fourth-order valence-electron chi connectivity index (χ4n) is 2.38. The Bertz CT molecular complexity index is 591. The minimum atomic E-state index is 0.487. The summed E-state index contributed by atoms with van der Waals surface area (Å²) in [5.74, 6) is 0.873. The smallest absolute Gasteiger partial charge is 0.148 e. The van der Waals surface area contributed by atoms with Gasteiger partial charge < -0.3 is 10.6 Å². The molecule has 0 saturated carbocycles. The largest absolute Gasteiger partial charge is 0.366 e. The zero-order chi connectivity index (χ0) is 13.9. The molecule has 3 rings (SSSR count). The van der Waals surface area contributed by atoms with Crippen LogP contribution in [-0.4, -0.2) is 29.3 Å². The Morgan fingerprint density at radius 1 is 1.10 bits per heavy atom. The van der Waals surface area contributed by atoms with Crippen LogP contribution in [0.1, 0.15) is 12.8 Å². The van der Waals surface area contributed by atoms with Crippen LogP contribution < -0.4 is 10.6 Å². The predicted octanol–water partition coefficient (Wildman–Crippen LogP) is 3.55. The number of rotatable bonds is 3. The summed E-state index contributed by atoms with van der Waals surface area (Å²) < 4.78 is 0. The van der Waals surface area contributed by atoms with E-state index in [0.29, 0.717) is 16.1 Å². The van der Waals surface area contributed by atoms with Crippen molar-refractivity contribution >= 4 is 29.0 Å². The molecule has 6 heteroatoms. The fourth-order valence-corrected chi connectivity index (χ4v) is 2.68. The number of halogens is 2. The van der Waals surface area contributed by atoms with E-state index >= 15 is 0 Å². The summed E-state index contributed by atoms with van der Waals surface area (Å²) in [7, 11) is 0. The van der Waals surface area contributed by atoms with Crippen molar-refractivity contribution in [2.45, 2.75) is 18.9 Å². The molecular weight excluding hydrogens is 295 g/mol. The van der Waals surface area contributed by atoms with E-state index in [9.17, 15) is 0 Å². The first kappa shape index (κ1) is 13.7. The maximum absolute atomic E-state index is 6.04. The highest BCUT2D eigenvalue weighted by molar-refractivity contribution is 6.42. The van der Waals surface area contributed by atoms with E-state index in [-0.39, 0.29) is 0 Å². The minimum absolute atomic E-state index is 0.487. The van der Waals surface area contributed by atoms with Gasteiger partial charge in [0.1, 0.15) is 5.82 Å². The Kier molecular flexibility index (Phi) is 4.15. The third kappa shape index (κ3) is 3.08. The standard InChI is InChI=1S/C14H16Cl2N4/c15-11-2-1-9(7-12(11)16)13-8-14(20-19-13)18-10-3-5-17-6-4-10/h1-2,7-8,10,17H,3-6H2,(H2,18,19,20). The van der Waals surface area contributed by atoms with E-state index in [2.05, 4.69) is 20.8 Å². The maximum Gasteiger partial charge on any atom is 0.148 e. The highest BCUT2D eigenvalue weighted by Crippen LogP contribution is 2.28. The van der Waals surface area contributed by atoms with Gasteiger partial charge in [-0.3, -0.25) is 5.10 Å². The molecule has 4 nitrogen and oxygen atoms in total. The molecule has 0 bridgehead atoms. The summed E-state index contributed by atoms with van der Waals surface area (Å²) >= 11 is 12.0. The van der Waals surface area contributed by atoms with Crippen LogP contribution in [0.5, 0.6) is 0 Å². The molecule has 20 heavy (non-hydrogen) atoms. The zero-order valence-electron chi connectivity index (χ0n) is 10.9. The van der Waals surface area contributed by atoms with Gasteiger partial charge in [0.05, 0.1) is 15.7 Å². The van der Waals surface area contributed by atoms with Crippen LogP contribution in [0.25, 0.3) is 11.3 Å². The van der Waals surface area contributed by atoms with Gasteiger partial charge in [-0.25, -0.2) is 0 Å². The molecule has 3 N–H and O–H groups in total. The van der Waals surface area contributed by atoms with Gasteiger partial charge in [-0.05, 0) is 38.1 Å². The molecule has 1 aliphatic heterocycles. The van der Waals surface area contributed by atoms with Crippen molar-refractivity contribution in [3.05, 3.63) is 34.3 Å². The summed E-state index contributed by atoms with van der Waals surface area (Å²) in [6, 6.07) is 8.05. The van der Waals surface area contributed by atoms with Crippen LogP contribution in [0.15, 0.2) is 24.3 Å². The Hall–Kier alpha value is -1.23. The van der Waals surface area contributed by atoms with Crippen molar-refractivity contribution in [1.82, 2.24) is 15.5 Å². The number of aromatic amines is 1. The number of H-pyrrole nitrogens is 1. The van der Waals surface area contributed by atoms with Crippen LogP contribution in [0.2, 0.25) is 10.0 Å². The first-order valence-electron chi connectivity index (χ1n) is 6.70. The quantitative estimate of drug-likeness (QED) is 0.812. The molecule has 0 radical (unpaired) electrons. The van der Waals surface area contributed by atoms with E-state index in [1.807, 2.05) is 18.2 Å². The monoisotopic (exact) mass is 310 g/mol. The summed E-state index contributed by atoms with van der Waals surface area (Å²) in [6.07, 6.45) is 2.24. The molecule has 1 aliphatic rings. The highest BCUT2D eigenvalue weighted by Gasteiger charge is 2.14. The van der Waals surface area contributed by atoms with Gasteiger partial charge >= 0.3 is 0 Å². The molecule has 1 aromatic heterocycles. The van der Waals surface area contributed by atoms with Crippen molar-refractivity contribution in [3.63, 3.8) is 0 Å². The van der Waals surface area contributed by atoms with Crippen LogP contribution >= 0.6 is 23.2 Å². The minimum Gasteiger partial charge on any atom is -0.366 e. The van der Waals surface area contributed by atoms with Gasteiger partial charge in [0.25, 0.3) is 0 Å². The van der Waals surface area contributed by atoms with Gasteiger partial charge in [0, 0.05) is 17.7 Å². The van der Waals surface area contributed by atoms with Gasteiger partial charge in [0.15, 0.2) is 0 Å². The lowest BCUT2D eigenvalue weighted by Gasteiger charge is -2.23. The molecule has 1 aromatic carbocycles. The number of anilines is 1. The third-order valence-corrected chi connectivity index (χ3v) is 4.24. The van der Waals surface area contributed by atoms with Crippen molar-refractivity contribution in [2.24, 2.45) is 0 Å². The summed E-state index contributed by atoms with van der Waals surface area (Å²) in [6.45, 7) is 2.11. The number of nitrogens with zero attached hydrogens (tertiary/aromatic N) is 1. The first-order valence-corrected chi connectivity index (χ1v) is 7.46. The number of hydrogen-bond donors (Lipinski definition) is 3. The molecule has 2 heterocycles.